The van der Waals surface area contributed by atoms with Crippen molar-refractivity contribution in [2.24, 2.45) is 5.92 Å². The highest BCUT2D eigenvalue weighted by Gasteiger charge is 2.25. The van der Waals surface area contributed by atoms with Crippen LogP contribution in [-0.2, 0) is 4.79 Å². The standard InChI is InChI=1S/C23H34N2O2/c1-17-8-10-20(16-18(17)2)23(27)24-21-12-14-25(15-13-21)22(26)11-9-19-6-4-3-5-7-19/h8,10,16,19,21H,3-7,9,11-15H2,1-2H3,(H,24,27). The van der Waals surface area contributed by atoms with E-state index in [9.17, 15) is 9.59 Å². The van der Waals surface area contributed by atoms with Gasteiger partial charge in [-0.2, -0.15) is 0 Å². The van der Waals surface area contributed by atoms with Gasteiger partial charge in [-0.15, -0.1) is 0 Å². The molecule has 1 N–H and O–H groups in total. The molecule has 4 heteroatoms. The van der Waals surface area contributed by atoms with Gasteiger partial charge in [0.2, 0.25) is 5.91 Å². The Bertz CT molecular complexity index is 656. The van der Waals surface area contributed by atoms with E-state index in [1.807, 2.05) is 30.0 Å². The van der Waals surface area contributed by atoms with E-state index in [2.05, 4.69) is 12.2 Å². The van der Waals surface area contributed by atoms with E-state index in [0.717, 1.165) is 49.4 Å². The first kappa shape index (κ1) is 19.9. The van der Waals surface area contributed by atoms with Crippen LogP contribution in [0.15, 0.2) is 18.2 Å². The third kappa shape index (κ3) is 5.57. The fraction of sp³-hybridized carbons (Fsp3) is 0.652. The number of aryl methyl sites for hydroxylation is 2. The molecule has 148 valence electrons. The zero-order valence-electron chi connectivity index (χ0n) is 16.9. The van der Waals surface area contributed by atoms with Crippen molar-refractivity contribution in [2.45, 2.75) is 77.7 Å². The summed E-state index contributed by atoms with van der Waals surface area (Å²) in [5, 5.41) is 3.15. The minimum absolute atomic E-state index is 0.000162. The lowest BCUT2D eigenvalue weighted by Gasteiger charge is -2.33. The van der Waals surface area contributed by atoms with Crippen LogP contribution in [-0.4, -0.2) is 35.8 Å². The van der Waals surface area contributed by atoms with E-state index < -0.39 is 0 Å². The molecule has 1 aliphatic heterocycles. The quantitative estimate of drug-likeness (QED) is 0.836. The van der Waals surface area contributed by atoms with Gasteiger partial charge < -0.3 is 10.2 Å². The molecule has 0 bridgehead atoms. The summed E-state index contributed by atoms with van der Waals surface area (Å²) >= 11 is 0. The Hall–Kier alpha value is -1.84. The van der Waals surface area contributed by atoms with Crippen LogP contribution in [0, 0.1) is 19.8 Å². The highest BCUT2D eigenvalue weighted by Crippen LogP contribution is 2.27. The van der Waals surface area contributed by atoms with Gasteiger partial charge in [-0.05, 0) is 62.3 Å². The summed E-state index contributed by atoms with van der Waals surface area (Å²) in [6.45, 7) is 5.62. The van der Waals surface area contributed by atoms with Crippen molar-refractivity contribution in [3.8, 4) is 0 Å². The third-order valence-corrected chi connectivity index (χ3v) is 6.44. The van der Waals surface area contributed by atoms with Crippen molar-refractivity contribution in [2.75, 3.05) is 13.1 Å². The molecular formula is C23H34N2O2. The van der Waals surface area contributed by atoms with Gasteiger partial charge in [-0.1, -0.05) is 38.2 Å². The molecule has 2 fully saturated rings. The van der Waals surface area contributed by atoms with E-state index in [0.29, 0.717) is 12.3 Å². The fourth-order valence-electron chi connectivity index (χ4n) is 4.39. The van der Waals surface area contributed by atoms with Crippen LogP contribution in [0.2, 0.25) is 0 Å². The summed E-state index contributed by atoms with van der Waals surface area (Å²) in [5.41, 5.74) is 3.07. The average Bonchev–Trinajstić information content (AvgIpc) is 2.69. The molecule has 1 aromatic carbocycles. The minimum atomic E-state index is 0.000162. The van der Waals surface area contributed by atoms with Crippen molar-refractivity contribution in [3.63, 3.8) is 0 Å². The molecule has 0 spiro atoms. The van der Waals surface area contributed by atoms with Crippen LogP contribution in [0.4, 0.5) is 0 Å². The highest BCUT2D eigenvalue weighted by atomic mass is 16.2. The number of likely N-dealkylation sites (tertiary alicyclic amines) is 1. The SMILES string of the molecule is Cc1ccc(C(=O)NC2CCN(C(=O)CCC3CCCCC3)CC2)cc1C. The van der Waals surface area contributed by atoms with Crippen LogP contribution in [0.3, 0.4) is 0 Å². The van der Waals surface area contributed by atoms with Crippen LogP contribution >= 0.6 is 0 Å². The lowest BCUT2D eigenvalue weighted by atomic mass is 9.86. The number of rotatable bonds is 5. The Labute approximate surface area is 163 Å². The molecule has 2 amide bonds. The van der Waals surface area contributed by atoms with E-state index >= 15 is 0 Å². The predicted molar refractivity (Wildman–Crippen MR) is 109 cm³/mol. The second-order valence-corrected chi connectivity index (χ2v) is 8.47. The number of nitrogens with one attached hydrogen (secondary N) is 1. The second-order valence-electron chi connectivity index (χ2n) is 8.47. The van der Waals surface area contributed by atoms with E-state index in [-0.39, 0.29) is 11.9 Å². The van der Waals surface area contributed by atoms with Crippen molar-refractivity contribution in [1.29, 1.82) is 0 Å². The van der Waals surface area contributed by atoms with Gasteiger partial charge in [0, 0.05) is 31.1 Å². The van der Waals surface area contributed by atoms with Gasteiger partial charge in [0.15, 0.2) is 0 Å². The van der Waals surface area contributed by atoms with Gasteiger partial charge in [-0.25, -0.2) is 0 Å². The smallest absolute Gasteiger partial charge is 0.251 e. The number of hydrogen-bond acceptors (Lipinski definition) is 2. The first-order valence-corrected chi connectivity index (χ1v) is 10.7. The molecule has 4 nitrogen and oxygen atoms in total. The summed E-state index contributed by atoms with van der Waals surface area (Å²) in [6, 6.07) is 6.01. The number of hydrogen-bond donors (Lipinski definition) is 1. The summed E-state index contributed by atoms with van der Waals surface area (Å²) in [6.07, 6.45) is 10.1. The highest BCUT2D eigenvalue weighted by molar-refractivity contribution is 5.94. The van der Waals surface area contributed by atoms with Crippen molar-refractivity contribution < 1.29 is 9.59 Å². The minimum Gasteiger partial charge on any atom is -0.349 e. The second kappa shape index (κ2) is 9.38. The molecular weight excluding hydrogens is 336 g/mol. The van der Waals surface area contributed by atoms with Crippen LogP contribution < -0.4 is 5.32 Å². The molecule has 3 rings (SSSR count). The molecule has 1 aromatic rings. The maximum absolute atomic E-state index is 12.5. The molecule has 27 heavy (non-hydrogen) atoms. The normalized spacial score (nSPS) is 19.1. The number of amides is 2. The first-order valence-electron chi connectivity index (χ1n) is 10.7. The maximum Gasteiger partial charge on any atom is 0.251 e. The van der Waals surface area contributed by atoms with E-state index in [1.54, 1.807) is 0 Å². The number of piperidine rings is 1. The number of benzene rings is 1. The summed E-state index contributed by atoms with van der Waals surface area (Å²) in [7, 11) is 0. The molecule has 0 atom stereocenters. The van der Waals surface area contributed by atoms with Crippen LogP contribution in [0.25, 0.3) is 0 Å². The molecule has 1 saturated carbocycles. The number of carbonyl (C=O) groups is 2. The third-order valence-electron chi connectivity index (χ3n) is 6.44. The van der Waals surface area contributed by atoms with Gasteiger partial charge in [0.25, 0.3) is 5.91 Å². The van der Waals surface area contributed by atoms with Crippen LogP contribution in [0.1, 0.15) is 79.3 Å². The Kier molecular flexibility index (Phi) is 6.92. The molecule has 0 radical (unpaired) electrons. The molecule has 1 saturated heterocycles. The van der Waals surface area contributed by atoms with Gasteiger partial charge in [0.1, 0.15) is 0 Å². The zero-order valence-corrected chi connectivity index (χ0v) is 16.9. The Morgan fingerprint density at radius 1 is 1.00 bits per heavy atom. The maximum atomic E-state index is 12.5. The number of carbonyl (C=O) groups excluding carboxylic acids is 2. The topological polar surface area (TPSA) is 49.4 Å². The van der Waals surface area contributed by atoms with Crippen LogP contribution in [0.5, 0.6) is 0 Å². The fourth-order valence-corrected chi connectivity index (χ4v) is 4.39. The Morgan fingerprint density at radius 2 is 1.70 bits per heavy atom. The Balaban J connectivity index is 1.40. The Morgan fingerprint density at radius 3 is 2.37 bits per heavy atom. The monoisotopic (exact) mass is 370 g/mol. The van der Waals surface area contributed by atoms with Gasteiger partial charge in [0.05, 0.1) is 0 Å². The van der Waals surface area contributed by atoms with Gasteiger partial charge in [-0.3, -0.25) is 9.59 Å². The lowest BCUT2D eigenvalue weighted by Crippen LogP contribution is -2.46. The molecule has 0 unspecified atom stereocenters. The van der Waals surface area contributed by atoms with Crippen molar-refractivity contribution in [1.82, 2.24) is 10.2 Å². The van der Waals surface area contributed by atoms with E-state index in [4.69, 9.17) is 0 Å². The lowest BCUT2D eigenvalue weighted by molar-refractivity contribution is -0.132. The molecule has 2 aliphatic rings. The molecule has 0 aromatic heterocycles. The van der Waals surface area contributed by atoms with Crippen molar-refractivity contribution >= 4 is 11.8 Å². The average molecular weight is 371 g/mol. The first-order chi connectivity index (χ1) is 13.0. The largest absolute Gasteiger partial charge is 0.349 e. The molecule has 1 heterocycles. The number of nitrogens with zero attached hydrogens (tertiary/aromatic N) is 1. The predicted octanol–water partition coefficient (Wildman–Crippen LogP) is 4.38. The zero-order chi connectivity index (χ0) is 19.2. The summed E-state index contributed by atoms with van der Waals surface area (Å²) in [5.74, 6) is 1.07. The molecule has 1 aliphatic carbocycles. The summed E-state index contributed by atoms with van der Waals surface area (Å²) < 4.78 is 0. The van der Waals surface area contributed by atoms with Gasteiger partial charge >= 0.3 is 0 Å². The summed E-state index contributed by atoms with van der Waals surface area (Å²) in [4.78, 5) is 27.0. The van der Waals surface area contributed by atoms with E-state index in [1.165, 1.54) is 37.7 Å². The van der Waals surface area contributed by atoms with Crippen molar-refractivity contribution in [3.05, 3.63) is 34.9 Å².